The van der Waals surface area contributed by atoms with Gasteiger partial charge in [0.05, 0.1) is 16.6 Å². The number of aryl methyl sites for hydroxylation is 3. The lowest BCUT2D eigenvalue weighted by atomic mass is 10.0. The summed E-state index contributed by atoms with van der Waals surface area (Å²) in [5, 5.41) is 0. The van der Waals surface area contributed by atoms with Crippen LogP contribution in [0, 0.1) is 53.3 Å². The summed E-state index contributed by atoms with van der Waals surface area (Å²) >= 11 is 0. The molecule has 12 rings (SSSR count). The van der Waals surface area contributed by atoms with Crippen molar-refractivity contribution in [1.29, 1.82) is 0 Å². The van der Waals surface area contributed by atoms with Crippen molar-refractivity contribution in [2.75, 3.05) is 0 Å². The average Bonchev–Trinajstić information content (AvgIpc) is 3.86. The summed E-state index contributed by atoms with van der Waals surface area (Å²) in [7, 11) is 0. The van der Waals surface area contributed by atoms with Crippen molar-refractivity contribution in [2.45, 2.75) is 106 Å². The van der Waals surface area contributed by atoms with Crippen LogP contribution in [0.3, 0.4) is 0 Å². The summed E-state index contributed by atoms with van der Waals surface area (Å²) in [4.78, 5) is 77.9. The Labute approximate surface area is 441 Å². The summed E-state index contributed by atoms with van der Waals surface area (Å²) in [6.07, 6.45) is 18.7. The van der Waals surface area contributed by atoms with Gasteiger partial charge in [0.25, 0.3) is 16.7 Å². The molecule has 3 unspecified atom stereocenters. The Bertz CT molecular complexity index is 3540. The molecule has 0 fully saturated rings. The molecule has 0 spiro atoms. The fourth-order valence-electron chi connectivity index (χ4n) is 9.24. The van der Waals surface area contributed by atoms with Crippen LogP contribution in [0.2, 0.25) is 0 Å². The van der Waals surface area contributed by atoms with Gasteiger partial charge >= 0.3 is 0 Å². The maximum absolute atomic E-state index is 12.7. The van der Waals surface area contributed by atoms with Gasteiger partial charge in [-0.25, -0.2) is 44.9 Å². The summed E-state index contributed by atoms with van der Waals surface area (Å²) in [5.41, 5.74) is 7.30. The van der Waals surface area contributed by atoms with Gasteiger partial charge in [0.2, 0.25) is 0 Å². The Morgan fingerprint density at radius 1 is 0.408 bits per heavy atom. The predicted octanol–water partition coefficient (Wildman–Crippen LogP) is 8.31. The second-order valence-corrected chi connectivity index (χ2v) is 19.4. The van der Waals surface area contributed by atoms with Crippen LogP contribution in [0.25, 0.3) is 33.1 Å². The van der Waals surface area contributed by atoms with Crippen molar-refractivity contribution in [3.63, 3.8) is 0 Å². The third-order valence-corrected chi connectivity index (χ3v) is 13.7. The van der Waals surface area contributed by atoms with Crippen molar-refractivity contribution in [3.8, 4) is 35.5 Å². The van der Waals surface area contributed by atoms with Gasteiger partial charge in [0.1, 0.15) is 34.6 Å². The molecule has 0 aromatic carbocycles. The number of pyridine rings is 6. The minimum absolute atomic E-state index is 0. The number of aromatic nitrogens is 12. The highest BCUT2D eigenvalue weighted by Crippen LogP contribution is 2.22. The first-order chi connectivity index (χ1) is 36.6. The van der Waals surface area contributed by atoms with Gasteiger partial charge in [0, 0.05) is 92.8 Å². The lowest BCUT2D eigenvalue weighted by Gasteiger charge is -2.09. The molecule has 0 amide bonds. The highest BCUT2D eigenvalue weighted by Gasteiger charge is 2.20. The van der Waals surface area contributed by atoms with E-state index >= 15 is 0 Å². The van der Waals surface area contributed by atoms with E-state index in [0.29, 0.717) is 67.9 Å². The molecular formula is C61H58N12O3. The van der Waals surface area contributed by atoms with Gasteiger partial charge in [-0.15, -0.1) is 0 Å². The van der Waals surface area contributed by atoms with E-state index in [4.69, 9.17) is 15.0 Å². The average molecular weight is 1010 g/mol. The first-order valence-electron chi connectivity index (χ1n) is 25.6. The minimum Gasteiger partial charge on any atom is -0.295 e. The summed E-state index contributed by atoms with van der Waals surface area (Å²) < 4.78 is 5.37. The van der Waals surface area contributed by atoms with E-state index in [1.54, 1.807) is 50.9 Å². The van der Waals surface area contributed by atoms with E-state index in [1.807, 2.05) is 72.8 Å². The third kappa shape index (κ3) is 12.3. The molecule has 0 saturated heterocycles. The molecule has 3 atom stereocenters. The molecule has 3 aliphatic heterocycles. The smallest absolute Gasteiger partial charge is 0.280 e. The zero-order chi connectivity index (χ0) is 51.7. The molecule has 0 radical (unpaired) electrons. The van der Waals surface area contributed by atoms with E-state index < -0.39 is 0 Å². The topological polar surface area (TPSA) is 182 Å². The molecule has 0 saturated carbocycles. The molecule has 15 nitrogen and oxygen atoms in total. The quantitative estimate of drug-likeness (QED) is 0.133. The van der Waals surface area contributed by atoms with Gasteiger partial charge in [0.15, 0.2) is 16.6 Å². The maximum atomic E-state index is 12.7. The standard InChI is InChI=1S/3C20H18N4O.CH4/c3*1-14-5-8-18-23-17-12-15(6-7-16-4-2-3-10-21-16)13-22-19(17)20(25)24(18)11-9-14;/h3*2-4,10,12-14H,5,8-9,11H2,1H3;1H4. The number of nitrogens with zero attached hydrogens (tertiary/aromatic N) is 12. The van der Waals surface area contributed by atoms with Crippen LogP contribution in [0.15, 0.2) is 124 Å². The molecule has 0 aliphatic carbocycles. The lowest BCUT2D eigenvalue weighted by Crippen LogP contribution is -2.25. The van der Waals surface area contributed by atoms with Crippen LogP contribution in [-0.2, 0) is 38.9 Å². The highest BCUT2D eigenvalue weighted by molar-refractivity contribution is 5.76. The van der Waals surface area contributed by atoms with Crippen LogP contribution >= 0.6 is 0 Å². The Morgan fingerprint density at radius 2 is 0.711 bits per heavy atom. The molecule has 9 aromatic heterocycles. The summed E-state index contributed by atoms with van der Waals surface area (Å²) in [5.74, 6) is 22.6. The van der Waals surface area contributed by atoms with Crippen molar-refractivity contribution >= 4 is 33.1 Å². The van der Waals surface area contributed by atoms with Gasteiger partial charge in [-0.05, 0) is 129 Å². The molecule has 0 N–H and O–H groups in total. The van der Waals surface area contributed by atoms with E-state index in [9.17, 15) is 14.4 Å². The molecule has 0 bridgehead atoms. The molecule has 12 heterocycles. The van der Waals surface area contributed by atoms with Crippen LogP contribution in [0.5, 0.6) is 0 Å². The second-order valence-electron chi connectivity index (χ2n) is 19.4. The van der Waals surface area contributed by atoms with Gasteiger partial charge in [-0.1, -0.05) is 64.2 Å². The van der Waals surface area contributed by atoms with Gasteiger partial charge in [-0.2, -0.15) is 0 Å². The normalized spacial score (nSPS) is 16.4. The van der Waals surface area contributed by atoms with Gasteiger partial charge in [-0.3, -0.25) is 28.1 Å². The Balaban J connectivity index is 0.000000138. The number of hydrogen-bond donors (Lipinski definition) is 0. The molecule has 15 heteroatoms. The van der Waals surface area contributed by atoms with Crippen LogP contribution in [0.1, 0.15) is 118 Å². The van der Waals surface area contributed by atoms with Crippen molar-refractivity contribution in [3.05, 3.63) is 192 Å². The first-order valence-corrected chi connectivity index (χ1v) is 25.6. The number of hydrogen-bond acceptors (Lipinski definition) is 12. The van der Waals surface area contributed by atoms with Gasteiger partial charge < -0.3 is 0 Å². The Morgan fingerprint density at radius 3 is 0.987 bits per heavy atom. The fraction of sp³-hybridized carbons (Fsp3) is 0.311. The third-order valence-electron chi connectivity index (χ3n) is 13.7. The van der Waals surface area contributed by atoms with Crippen molar-refractivity contribution in [2.24, 2.45) is 17.8 Å². The second kappa shape index (κ2) is 23.9. The lowest BCUT2D eigenvalue weighted by molar-refractivity contribution is 0.483. The Kier molecular flexibility index (Phi) is 16.3. The zero-order valence-electron chi connectivity index (χ0n) is 42.2. The summed E-state index contributed by atoms with van der Waals surface area (Å²) in [6.45, 7) is 8.84. The van der Waals surface area contributed by atoms with Crippen LogP contribution < -0.4 is 16.7 Å². The van der Waals surface area contributed by atoms with E-state index in [-0.39, 0.29) is 24.1 Å². The molecule has 380 valence electrons. The molecular weight excluding hydrogens is 949 g/mol. The fourth-order valence-corrected chi connectivity index (χ4v) is 9.24. The number of rotatable bonds is 0. The molecule has 9 aromatic rings. The largest absolute Gasteiger partial charge is 0.295 e. The van der Waals surface area contributed by atoms with Crippen molar-refractivity contribution < 1.29 is 0 Å². The maximum Gasteiger partial charge on any atom is 0.280 e. The van der Waals surface area contributed by atoms with Crippen LogP contribution in [-0.4, -0.2) is 58.6 Å². The van der Waals surface area contributed by atoms with E-state index in [0.717, 1.165) is 112 Å². The first kappa shape index (κ1) is 51.9. The predicted molar refractivity (Wildman–Crippen MR) is 295 cm³/mol. The summed E-state index contributed by atoms with van der Waals surface area (Å²) in [6, 6.07) is 22.3. The van der Waals surface area contributed by atoms with Crippen LogP contribution in [0.4, 0.5) is 0 Å². The number of fused-ring (bicyclic) bond motifs is 6. The monoisotopic (exact) mass is 1010 g/mol. The molecule has 3 aliphatic rings. The van der Waals surface area contributed by atoms with Crippen molar-refractivity contribution in [1.82, 2.24) is 58.6 Å². The highest BCUT2D eigenvalue weighted by atomic mass is 16.1. The van der Waals surface area contributed by atoms with E-state index in [1.165, 1.54) is 0 Å². The SMILES string of the molecule is C.CC1CCc2nc3cc(C#Cc4ccccn4)cnc3c(=O)n2CC1.CC1CCc2nc3cc(C#Cc4ccccn4)cnc3c(=O)n2CC1.CC1CCc2nc3cc(C#Cc4ccccn4)cnc3c(=O)n2CC1. The molecule has 76 heavy (non-hydrogen) atoms. The minimum atomic E-state index is -0.0432. The zero-order valence-corrected chi connectivity index (χ0v) is 42.2. The Hall–Kier alpha value is -9.00. The van der Waals surface area contributed by atoms with E-state index in [2.05, 4.69) is 86.2 Å².